The van der Waals surface area contributed by atoms with Gasteiger partial charge in [-0.2, -0.15) is 5.10 Å². The first-order valence-corrected chi connectivity index (χ1v) is 12.2. The molecule has 0 aliphatic heterocycles. The molecule has 36 heavy (non-hydrogen) atoms. The lowest BCUT2D eigenvalue weighted by Crippen LogP contribution is -2.13. The van der Waals surface area contributed by atoms with E-state index in [0.717, 1.165) is 40.0 Å². The lowest BCUT2D eigenvalue weighted by atomic mass is 10.0. The van der Waals surface area contributed by atoms with Crippen molar-refractivity contribution in [3.8, 4) is 22.7 Å². The Morgan fingerprint density at radius 3 is 2.44 bits per heavy atom. The highest BCUT2D eigenvalue weighted by atomic mass is 16.5. The quantitative estimate of drug-likeness (QED) is 0.287. The topological polar surface area (TPSA) is 69.0 Å². The van der Waals surface area contributed by atoms with E-state index >= 15 is 0 Å². The van der Waals surface area contributed by atoms with E-state index in [1.165, 1.54) is 5.56 Å². The van der Waals surface area contributed by atoms with Gasteiger partial charge in [0.15, 0.2) is 0 Å². The monoisotopic (exact) mass is 476 g/mol. The molecule has 0 bridgehead atoms. The molecule has 1 N–H and O–H groups in total. The number of anilines is 1. The SMILES string of the molecule is CCOc1ccc(NC(=O)c2cc(-c3cnn(-c4ccc(CC)cc4)c3C)nc3ccccc23)cc1. The minimum absolute atomic E-state index is 0.195. The molecule has 180 valence electrons. The molecule has 0 radical (unpaired) electrons. The van der Waals surface area contributed by atoms with Crippen LogP contribution in [0.5, 0.6) is 5.75 Å². The van der Waals surface area contributed by atoms with Crippen LogP contribution in [0.1, 0.15) is 35.5 Å². The van der Waals surface area contributed by atoms with Crippen LogP contribution in [0.2, 0.25) is 0 Å². The van der Waals surface area contributed by atoms with E-state index in [1.54, 1.807) is 0 Å². The Hall–Kier alpha value is -4.45. The largest absolute Gasteiger partial charge is 0.494 e. The molecule has 1 amide bonds. The Balaban J connectivity index is 1.51. The summed E-state index contributed by atoms with van der Waals surface area (Å²) in [5.41, 5.74) is 6.84. The van der Waals surface area contributed by atoms with E-state index in [-0.39, 0.29) is 5.91 Å². The van der Waals surface area contributed by atoms with Gasteiger partial charge in [-0.3, -0.25) is 4.79 Å². The van der Waals surface area contributed by atoms with Crippen molar-refractivity contribution in [1.82, 2.24) is 14.8 Å². The summed E-state index contributed by atoms with van der Waals surface area (Å²) in [5, 5.41) is 8.44. The van der Waals surface area contributed by atoms with Crippen molar-refractivity contribution in [2.45, 2.75) is 27.2 Å². The summed E-state index contributed by atoms with van der Waals surface area (Å²) in [4.78, 5) is 18.3. The third kappa shape index (κ3) is 4.58. The molecule has 0 saturated carbocycles. The highest BCUT2D eigenvalue weighted by molar-refractivity contribution is 6.13. The molecule has 5 aromatic rings. The molecule has 2 aromatic heterocycles. The molecule has 0 aliphatic rings. The molecule has 0 saturated heterocycles. The molecule has 6 heteroatoms. The molecule has 0 aliphatic carbocycles. The predicted octanol–water partition coefficient (Wildman–Crippen LogP) is 6.61. The molecule has 0 atom stereocenters. The van der Waals surface area contributed by atoms with E-state index in [4.69, 9.17) is 9.72 Å². The zero-order valence-corrected chi connectivity index (χ0v) is 20.7. The van der Waals surface area contributed by atoms with Gasteiger partial charge in [-0.1, -0.05) is 37.3 Å². The highest BCUT2D eigenvalue weighted by Crippen LogP contribution is 2.29. The second-order valence-corrected chi connectivity index (χ2v) is 8.56. The zero-order chi connectivity index (χ0) is 25.1. The van der Waals surface area contributed by atoms with Gasteiger partial charge in [0.05, 0.1) is 41.0 Å². The fraction of sp³-hybridized carbons (Fsp3) is 0.167. The number of para-hydroxylation sites is 1. The number of amides is 1. The maximum atomic E-state index is 13.4. The number of rotatable bonds is 7. The summed E-state index contributed by atoms with van der Waals surface area (Å²) < 4.78 is 7.41. The number of pyridine rings is 1. The number of aromatic nitrogens is 3. The number of benzene rings is 3. The average molecular weight is 477 g/mol. The van der Waals surface area contributed by atoms with Gasteiger partial charge in [-0.15, -0.1) is 0 Å². The fourth-order valence-corrected chi connectivity index (χ4v) is 4.30. The summed E-state index contributed by atoms with van der Waals surface area (Å²) in [6, 6.07) is 25.3. The second-order valence-electron chi connectivity index (χ2n) is 8.56. The van der Waals surface area contributed by atoms with Crippen LogP contribution in [0.3, 0.4) is 0 Å². The Morgan fingerprint density at radius 1 is 0.972 bits per heavy atom. The number of nitrogens with zero attached hydrogens (tertiary/aromatic N) is 3. The first kappa shape index (κ1) is 23.3. The molecule has 2 heterocycles. The normalized spacial score (nSPS) is 11.0. The Bertz CT molecular complexity index is 1520. The van der Waals surface area contributed by atoms with Gasteiger partial charge in [-0.05, 0) is 74.4 Å². The summed E-state index contributed by atoms with van der Waals surface area (Å²) in [5.74, 6) is 0.572. The van der Waals surface area contributed by atoms with Crippen molar-refractivity contribution in [3.63, 3.8) is 0 Å². The number of aryl methyl sites for hydroxylation is 1. The first-order chi connectivity index (χ1) is 17.6. The Kier molecular flexibility index (Phi) is 6.50. The minimum atomic E-state index is -0.195. The van der Waals surface area contributed by atoms with E-state index in [2.05, 4.69) is 41.6 Å². The van der Waals surface area contributed by atoms with Crippen LogP contribution in [-0.4, -0.2) is 27.3 Å². The van der Waals surface area contributed by atoms with Crippen LogP contribution in [0.25, 0.3) is 27.8 Å². The number of carbonyl (C=O) groups is 1. The number of fused-ring (bicyclic) bond motifs is 1. The maximum absolute atomic E-state index is 13.4. The van der Waals surface area contributed by atoms with E-state index < -0.39 is 0 Å². The lowest BCUT2D eigenvalue weighted by molar-refractivity contribution is 0.102. The van der Waals surface area contributed by atoms with Crippen molar-refractivity contribution >= 4 is 22.5 Å². The average Bonchev–Trinajstić information content (AvgIpc) is 3.30. The summed E-state index contributed by atoms with van der Waals surface area (Å²) >= 11 is 0. The molecule has 5 rings (SSSR count). The van der Waals surface area contributed by atoms with Crippen LogP contribution in [0.4, 0.5) is 5.69 Å². The van der Waals surface area contributed by atoms with Crippen molar-refractivity contribution in [2.24, 2.45) is 0 Å². The van der Waals surface area contributed by atoms with Gasteiger partial charge in [0, 0.05) is 16.6 Å². The van der Waals surface area contributed by atoms with E-state index in [9.17, 15) is 4.79 Å². The van der Waals surface area contributed by atoms with Crippen molar-refractivity contribution in [1.29, 1.82) is 0 Å². The third-order valence-electron chi connectivity index (χ3n) is 6.26. The molecule has 0 spiro atoms. The van der Waals surface area contributed by atoms with Crippen molar-refractivity contribution in [3.05, 3.63) is 102 Å². The predicted molar refractivity (Wildman–Crippen MR) is 144 cm³/mol. The maximum Gasteiger partial charge on any atom is 0.256 e. The van der Waals surface area contributed by atoms with Gasteiger partial charge >= 0.3 is 0 Å². The smallest absolute Gasteiger partial charge is 0.256 e. The third-order valence-corrected chi connectivity index (χ3v) is 6.26. The van der Waals surface area contributed by atoms with Crippen LogP contribution < -0.4 is 10.1 Å². The minimum Gasteiger partial charge on any atom is -0.494 e. The molecule has 0 fully saturated rings. The summed E-state index contributed by atoms with van der Waals surface area (Å²) in [7, 11) is 0. The second kappa shape index (κ2) is 10.0. The number of carbonyl (C=O) groups excluding carboxylic acids is 1. The van der Waals surface area contributed by atoms with Gasteiger partial charge in [0.25, 0.3) is 5.91 Å². The zero-order valence-electron chi connectivity index (χ0n) is 20.7. The van der Waals surface area contributed by atoms with E-state index in [0.29, 0.717) is 23.6 Å². The number of nitrogens with one attached hydrogen (secondary N) is 1. The van der Waals surface area contributed by atoms with Gasteiger partial charge in [0.2, 0.25) is 0 Å². The fourth-order valence-electron chi connectivity index (χ4n) is 4.30. The van der Waals surface area contributed by atoms with Crippen LogP contribution in [0, 0.1) is 6.92 Å². The standard InChI is InChI=1S/C30H28N4O2/c1-4-21-10-14-23(15-11-21)34-20(3)27(19-31-34)29-18-26(25-8-6-7-9-28(25)33-29)30(35)32-22-12-16-24(17-13-22)36-5-2/h6-19H,4-5H2,1-3H3,(H,32,35). The number of hydrogen-bond acceptors (Lipinski definition) is 4. The molecule has 3 aromatic carbocycles. The van der Waals surface area contributed by atoms with Gasteiger partial charge < -0.3 is 10.1 Å². The van der Waals surface area contributed by atoms with Crippen LogP contribution >= 0.6 is 0 Å². The molecule has 6 nitrogen and oxygen atoms in total. The first-order valence-electron chi connectivity index (χ1n) is 12.2. The van der Waals surface area contributed by atoms with Crippen LogP contribution in [0.15, 0.2) is 85.1 Å². The van der Waals surface area contributed by atoms with E-state index in [1.807, 2.05) is 79.3 Å². The number of hydrogen-bond donors (Lipinski definition) is 1. The van der Waals surface area contributed by atoms with Crippen molar-refractivity contribution < 1.29 is 9.53 Å². The lowest BCUT2D eigenvalue weighted by Gasteiger charge is -2.11. The number of ether oxygens (including phenoxy) is 1. The summed E-state index contributed by atoms with van der Waals surface area (Å²) in [6.07, 6.45) is 2.81. The molecular formula is C30H28N4O2. The van der Waals surface area contributed by atoms with Crippen molar-refractivity contribution in [2.75, 3.05) is 11.9 Å². The molecule has 0 unspecified atom stereocenters. The van der Waals surface area contributed by atoms with Crippen LogP contribution in [-0.2, 0) is 6.42 Å². The Morgan fingerprint density at radius 2 is 1.72 bits per heavy atom. The van der Waals surface area contributed by atoms with Gasteiger partial charge in [-0.25, -0.2) is 9.67 Å². The van der Waals surface area contributed by atoms with Gasteiger partial charge in [0.1, 0.15) is 5.75 Å². The summed E-state index contributed by atoms with van der Waals surface area (Å²) in [6.45, 7) is 6.70. The highest BCUT2D eigenvalue weighted by Gasteiger charge is 2.17. The molecular weight excluding hydrogens is 448 g/mol. The Labute approximate surface area is 210 Å².